The predicted molar refractivity (Wildman–Crippen MR) is 134 cm³/mol. The van der Waals surface area contributed by atoms with E-state index in [4.69, 9.17) is 23.4 Å². The number of hydrogen-bond acceptors (Lipinski definition) is 11. The van der Waals surface area contributed by atoms with Crippen LogP contribution in [0.25, 0.3) is 27.4 Å². The molecular weight excluding hydrogens is 547 g/mol. The Labute approximate surface area is 221 Å². The second kappa shape index (κ2) is 9.63. The lowest BCUT2D eigenvalue weighted by Gasteiger charge is -2.26. The molecule has 5 heterocycles. The summed E-state index contributed by atoms with van der Waals surface area (Å²) >= 11 is 1.89. The van der Waals surface area contributed by atoms with Gasteiger partial charge in [-0.25, -0.2) is 14.5 Å². The van der Waals surface area contributed by atoms with Crippen molar-refractivity contribution in [3.63, 3.8) is 0 Å². The fraction of sp³-hybridized carbons (Fsp3) is 0.348. The van der Waals surface area contributed by atoms with Gasteiger partial charge in [0.25, 0.3) is 5.19 Å². The first kappa shape index (κ1) is 24.8. The molecule has 0 amide bonds. The van der Waals surface area contributed by atoms with Crippen molar-refractivity contribution in [3.8, 4) is 28.1 Å². The van der Waals surface area contributed by atoms with Gasteiger partial charge in [-0.2, -0.15) is 13.2 Å². The highest BCUT2D eigenvalue weighted by Gasteiger charge is 2.38. The van der Waals surface area contributed by atoms with Crippen LogP contribution in [-0.2, 0) is 17.5 Å². The highest BCUT2D eigenvalue weighted by Crippen LogP contribution is 2.41. The summed E-state index contributed by atoms with van der Waals surface area (Å²) in [5, 5.41) is 5.58. The molecule has 1 fully saturated rings. The third kappa shape index (κ3) is 4.61. The van der Waals surface area contributed by atoms with Crippen LogP contribution in [-0.4, -0.2) is 60.1 Å². The Morgan fingerprint density at radius 1 is 1.05 bits per heavy atom. The average Bonchev–Trinajstić information content (AvgIpc) is 3.68. The van der Waals surface area contributed by atoms with Crippen LogP contribution in [0.4, 0.5) is 18.3 Å². The third-order valence-electron chi connectivity index (χ3n) is 5.85. The van der Waals surface area contributed by atoms with Crippen LogP contribution in [0, 0.1) is 0 Å². The Balaban J connectivity index is 1.32. The molecule has 1 aliphatic heterocycles. The number of nitrogens with zero attached hydrogens (tertiary/aromatic N) is 5. The molecule has 0 atom stereocenters. The molecule has 1 aromatic carbocycles. The van der Waals surface area contributed by atoms with Crippen molar-refractivity contribution in [2.24, 2.45) is 0 Å². The number of halogens is 3. The molecule has 1 aliphatic rings. The van der Waals surface area contributed by atoms with Crippen LogP contribution in [0.2, 0.25) is 0 Å². The number of thiazole rings is 1. The van der Waals surface area contributed by atoms with Crippen molar-refractivity contribution in [1.29, 1.82) is 0 Å². The number of alkyl halides is 3. The molecular formula is C23H20F3N5O5S2. The first-order valence-electron chi connectivity index (χ1n) is 11.4. The number of morpholine rings is 1. The normalized spacial score (nSPS) is 14.5. The summed E-state index contributed by atoms with van der Waals surface area (Å²) in [4.78, 5) is 10.4. The highest BCUT2D eigenvalue weighted by molar-refractivity contribution is 7.18. The van der Waals surface area contributed by atoms with Gasteiger partial charge in [-0.3, -0.25) is 0 Å². The number of imidazole rings is 1. The largest absolute Gasteiger partial charge is 0.496 e. The molecule has 5 aromatic rings. The SMILES string of the molecule is COc1cc(OCc2nc(N3CCOCC3)sc2C(F)(F)F)c2cc(-c3cn4nc(OC)sc4n3)oc2c1. The van der Waals surface area contributed by atoms with E-state index in [0.29, 0.717) is 86.8 Å². The Kier molecular flexibility index (Phi) is 6.28. The van der Waals surface area contributed by atoms with Gasteiger partial charge in [-0.15, -0.1) is 5.10 Å². The maximum atomic E-state index is 13.8. The van der Waals surface area contributed by atoms with E-state index in [-0.39, 0.29) is 12.3 Å². The maximum absolute atomic E-state index is 13.8. The Morgan fingerprint density at radius 3 is 2.58 bits per heavy atom. The summed E-state index contributed by atoms with van der Waals surface area (Å²) in [6.45, 7) is 1.45. The van der Waals surface area contributed by atoms with E-state index in [1.165, 1.54) is 25.6 Å². The van der Waals surface area contributed by atoms with Gasteiger partial charge < -0.3 is 28.3 Å². The maximum Gasteiger partial charge on any atom is 0.427 e. The van der Waals surface area contributed by atoms with Crippen LogP contribution in [0.1, 0.15) is 10.6 Å². The van der Waals surface area contributed by atoms with Gasteiger partial charge >= 0.3 is 6.18 Å². The van der Waals surface area contributed by atoms with Crippen molar-refractivity contribution in [3.05, 3.63) is 35.0 Å². The molecule has 0 unspecified atom stereocenters. The van der Waals surface area contributed by atoms with Crippen LogP contribution in [0.3, 0.4) is 0 Å². The number of methoxy groups -OCH3 is 2. The lowest BCUT2D eigenvalue weighted by atomic mass is 10.2. The van der Waals surface area contributed by atoms with Gasteiger partial charge in [0.2, 0.25) is 4.96 Å². The number of fused-ring (bicyclic) bond motifs is 2. The van der Waals surface area contributed by atoms with Crippen molar-refractivity contribution >= 4 is 43.7 Å². The van der Waals surface area contributed by atoms with Crippen LogP contribution in [0.5, 0.6) is 16.7 Å². The van der Waals surface area contributed by atoms with E-state index in [0.717, 1.165) is 0 Å². The predicted octanol–water partition coefficient (Wildman–Crippen LogP) is 5.11. The van der Waals surface area contributed by atoms with Gasteiger partial charge in [-0.1, -0.05) is 11.3 Å². The second-order valence-electron chi connectivity index (χ2n) is 8.23. The highest BCUT2D eigenvalue weighted by atomic mass is 32.1. The number of rotatable bonds is 7. The van der Waals surface area contributed by atoms with Crippen molar-refractivity contribution in [2.75, 3.05) is 45.4 Å². The van der Waals surface area contributed by atoms with Crippen molar-refractivity contribution in [1.82, 2.24) is 19.6 Å². The van der Waals surface area contributed by atoms with Gasteiger partial charge in [0, 0.05) is 25.2 Å². The lowest BCUT2D eigenvalue weighted by molar-refractivity contribution is -0.135. The molecule has 0 aliphatic carbocycles. The van der Waals surface area contributed by atoms with Gasteiger partial charge in [0.1, 0.15) is 40.0 Å². The molecule has 15 heteroatoms. The molecule has 1 saturated heterocycles. The molecule has 0 bridgehead atoms. The quantitative estimate of drug-likeness (QED) is 0.266. The molecule has 0 spiro atoms. The van der Waals surface area contributed by atoms with Gasteiger partial charge in [0.05, 0.1) is 39.0 Å². The average molecular weight is 568 g/mol. The van der Waals surface area contributed by atoms with Crippen LogP contribution < -0.4 is 19.1 Å². The molecule has 0 N–H and O–H groups in total. The summed E-state index contributed by atoms with van der Waals surface area (Å²) in [5.41, 5.74) is 0.777. The molecule has 4 aromatic heterocycles. The van der Waals surface area contributed by atoms with Gasteiger partial charge in [0.15, 0.2) is 10.9 Å². The Bertz CT molecular complexity index is 1570. The zero-order valence-electron chi connectivity index (χ0n) is 20.1. The summed E-state index contributed by atoms with van der Waals surface area (Å²) < 4.78 is 70.8. The fourth-order valence-electron chi connectivity index (χ4n) is 4.02. The van der Waals surface area contributed by atoms with Crippen molar-refractivity contribution < 1.29 is 36.5 Å². The zero-order valence-corrected chi connectivity index (χ0v) is 21.7. The summed E-state index contributed by atoms with van der Waals surface area (Å²) in [6, 6.07) is 4.99. The number of hydrogen-bond donors (Lipinski definition) is 0. The van der Waals surface area contributed by atoms with E-state index in [2.05, 4.69) is 15.1 Å². The van der Waals surface area contributed by atoms with E-state index < -0.39 is 11.1 Å². The van der Waals surface area contributed by atoms with E-state index >= 15 is 0 Å². The number of aromatic nitrogens is 4. The molecule has 38 heavy (non-hydrogen) atoms. The number of ether oxygens (including phenoxy) is 4. The third-order valence-corrected chi connectivity index (χ3v) is 7.94. The number of benzene rings is 1. The summed E-state index contributed by atoms with van der Waals surface area (Å²) in [5.74, 6) is 1.16. The van der Waals surface area contributed by atoms with Crippen LogP contribution in [0.15, 0.2) is 28.8 Å². The summed E-state index contributed by atoms with van der Waals surface area (Å²) in [6.07, 6.45) is -2.86. The first-order chi connectivity index (χ1) is 18.3. The molecule has 0 radical (unpaired) electrons. The Morgan fingerprint density at radius 2 is 1.87 bits per heavy atom. The van der Waals surface area contributed by atoms with Gasteiger partial charge in [-0.05, 0) is 17.4 Å². The smallest absolute Gasteiger partial charge is 0.427 e. The van der Waals surface area contributed by atoms with E-state index in [1.54, 1.807) is 33.8 Å². The molecule has 6 rings (SSSR count). The van der Waals surface area contributed by atoms with Crippen LogP contribution >= 0.6 is 22.7 Å². The number of furan rings is 1. The fourth-order valence-corrected chi connectivity index (χ4v) is 5.71. The molecule has 0 saturated carbocycles. The zero-order chi connectivity index (χ0) is 26.4. The minimum absolute atomic E-state index is 0.182. The lowest BCUT2D eigenvalue weighted by Crippen LogP contribution is -2.36. The molecule has 10 nitrogen and oxygen atoms in total. The Hall–Kier alpha value is -3.56. The standard InChI is InChI=1S/C23H20F3N5O5S2/c1-32-12-7-16(35-11-15-19(23(24,25)26)37-20(28-15)30-3-5-34-6-4-30)13-9-18(36-17(13)8-12)14-10-31-21(27-14)38-22(29-31)33-2/h7-10H,3-6,11H2,1-2H3. The minimum atomic E-state index is -4.56. The topological polar surface area (TPSA) is 96.4 Å². The summed E-state index contributed by atoms with van der Waals surface area (Å²) in [7, 11) is 3.01. The van der Waals surface area contributed by atoms with Crippen molar-refractivity contribution in [2.45, 2.75) is 12.8 Å². The number of anilines is 1. The van der Waals surface area contributed by atoms with E-state index in [1.807, 2.05) is 0 Å². The molecule has 200 valence electrons. The van der Waals surface area contributed by atoms with E-state index in [9.17, 15) is 13.2 Å². The minimum Gasteiger partial charge on any atom is -0.496 e. The monoisotopic (exact) mass is 567 g/mol. The second-order valence-corrected chi connectivity index (χ2v) is 10.1. The first-order valence-corrected chi connectivity index (χ1v) is 13.0.